The Morgan fingerprint density at radius 1 is 1.50 bits per heavy atom. The molecule has 2 unspecified atom stereocenters. The molecule has 0 saturated heterocycles. The molecular weight excluding hydrogens is 274 g/mol. The third-order valence-corrected chi connectivity index (χ3v) is 4.66. The van der Waals surface area contributed by atoms with Gasteiger partial charge in [-0.15, -0.1) is 0 Å². The predicted molar refractivity (Wildman–Crippen MR) is 84.5 cm³/mol. The number of aromatic nitrogens is 2. The molecule has 0 spiro atoms. The molecule has 1 heterocycles. The van der Waals surface area contributed by atoms with E-state index in [0.29, 0.717) is 16.8 Å². The van der Waals surface area contributed by atoms with Crippen LogP contribution < -0.4 is 4.74 Å². The highest BCUT2D eigenvalue weighted by Gasteiger charge is 2.20. The summed E-state index contributed by atoms with van der Waals surface area (Å²) in [6.07, 6.45) is 2.24. The molecule has 1 rings (SSSR count). The summed E-state index contributed by atoms with van der Waals surface area (Å²) in [5.41, 5.74) is 0.783. The Bertz CT molecular complexity index is 396. The number of aliphatic hydroxyl groups excluding tert-OH is 1. The van der Waals surface area contributed by atoms with E-state index in [-0.39, 0.29) is 0 Å². The van der Waals surface area contributed by atoms with Crippen molar-refractivity contribution >= 4 is 11.8 Å². The second kappa shape index (κ2) is 8.54. The molecular formula is C14H27N3O2S. The van der Waals surface area contributed by atoms with Gasteiger partial charge in [0.1, 0.15) is 11.8 Å². The molecule has 0 bridgehead atoms. The van der Waals surface area contributed by atoms with Crippen molar-refractivity contribution in [1.29, 1.82) is 0 Å². The first kappa shape index (κ1) is 17.3. The summed E-state index contributed by atoms with van der Waals surface area (Å²) in [5, 5.41) is 15.3. The van der Waals surface area contributed by atoms with Crippen LogP contribution in [0.2, 0.25) is 0 Å². The zero-order chi connectivity index (χ0) is 15.1. The average Bonchev–Trinajstić information content (AvgIpc) is 2.84. The second-order valence-corrected chi connectivity index (χ2v) is 6.66. The first-order valence-electron chi connectivity index (χ1n) is 7.03. The maximum atomic E-state index is 10.4. The fourth-order valence-corrected chi connectivity index (χ4v) is 2.70. The van der Waals surface area contributed by atoms with E-state index >= 15 is 0 Å². The Labute approximate surface area is 126 Å². The number of ether oxygens (including phenoxy) is 1. The monoisotopic (exact) mass is 301 g/mol. The maximum absolute atomic E-state index is 10.4. The van der Waals surface area contributed by atoms with Crippen molar-refractivity contribution < 1.29 is 9.84 Å². The van der Waals surface area contributed by atoms with Gasteiger partial charge in [0, 0.05) is 17.5 Å². The van der Waals surface area contributed by atoms with Crippen molar-refractivity contribution in [3.8, 4) is 5.75 Å². The molecule has 116 valence electrons. The topological polar surface area (TPSA) is 50.5 Å². The summed E-state index contributed by atoms with van der Waals surface area (Å²) < 4.78 is 7.17. The lowest BCUT2D eigenvalue weighted by Gasteiger charge is -2.17. The van der Waals surface area contributed by atoms with E-state index in [9.17, 15) is 5.11 Å². The molecule has 0 fully saturated rings. The lowest BCUT2D eigenvalue weighted by atomic mass is 10.2. The van der Waals surface area contributed by atoms with Gasteiger partial charge in [-0.3, -0.25) is 4.68 Å². The van der Waals surface area contributed by atoms with E-state index < -0.39 is 6.10 Å². The molecule has 20 heavy (non-hydrogen) atoms. The molecule has 0 radical (unpaired) electrons. The van der Waals surface area contributed by atoms with E-state index in [1.807, 2.05) is 18.8 Å². The SMILES string of the molecule is CCC(C)SCC(O)c1c(OC)cnn1CCN(C)C. The smallest absolute Gasteiger partial charge is 0.162 e. The van der Waals surface area contributed by atoms with Crippen LogP contribution in [0.1, 0.15) is 32.1 Å². The maximum Gasteiger partial charge on any atom is 0.162 e. The van der Waals surface area contributed by atoms with Gasteiger partial charge < -0.3 is 14.7 Å². The van der Waals surface area contributed by atoms with Crippen molar-refractivity contribution in [2.45, 2.75) is 38.2 Å². The molecule has 5 nitrogen and oxygen atoms in total. The number of nitrogens with zero attached hydrogens (tertiary/aromatic N) is 3. The predicted octanol–water partition coefficient (Wildman–Crippen LogP) is 2.02. The fourth-order valence-electron chi connectivity index (χ4n) is 1.80. The summed E-state index contributed by atoms with van der Waals surface area (Å²) in [5.74, 6) is 1.33. The van der Waals surface area contributed by atoms with Gasteiger partial charge in [0.05, 0.1) is 19.9 Å². The third-order valence-electron chi connectivity index (χ3n) is 3.25. The van der Waals surface area contributed by atoms with Crippen LogP contribution in [0.25, 0.3) is 0 Å². The van der Waals surface area contributed by atoms with E-state index in [2.05, 4.69) is 23.8 Å². The van der Waals surface area contributed by atoms with Crippen LogP contribution in [0.4, 0.5) is 0 Å². The Hall–Kier alpha value is -0.720. The van der Waals surface area contributed by atoms with Crippen LogP contribution in [0, 0.1) is 0 Å². The number of thioether (sulfide) groups is 1. The van der Waals surface area contributed by atoms with Gasteiger partial charge in [-0.05, 0) is 20.5 Å². The fraction of sp³-hybridized carbons (Fsp3) is 0.786. The van der Waals surface area contributed by atoms with Crippen LogP contribution in [-0.4, -0.2) is 58.5 Å². The Kier molecular flexibility index (Phi) is 7.40. The molecule has 1 aromatic heterocycles. The average molecular weight is 301 g/mol. The standard InChI is InChI=1S/C14H27N3O2S/c1-6-11(2)20-10-12(18)14-13(19-5)9-15-17(14)8-7-16(3)4/h9,11-12,18H,6-8,10H2,1-5H3. The normalized spacial score (nSPS) is 14.6. The van der Waals surface area contributed by atoms with Crippen molar-refractivity contribution in [2.75, 3.05) is 33.5 Å². The number of aliphatic hydroxyl groups is 1. The van der Waals surface area contributed by atoms with Crippen molar-refractivity contribution in [2.24, 2.45) is 0 Å². The third kappa shape index (κ3) is 5.00. The highest BCUT2D eigenvalue weighted by atomic mass is 32.2. The van der Waals surface area contributed by atoms with Crippen LogP contribution >= 0.6 is 11.8 Å². The van der Waals surface area contributed by atoms with E-state index in [1.165, 1.54) is 0 Å². The highest BCUT2D eigenvalue weighted by molar-refractivity contribution is 7.99. The minimum atomic E-state index is -0.548. The number of hydrogen-bond donors (Lipinski definition) is 1. The van der Waals surface area contributed by atoms with Crippen molar-refractivity contribution in [3.63, 3.8) is 0 Å². The summed E-state index contributed by atoms with van der Waals surface area (Å²) in [6, 6.07) is 0. The molecule has 0 aliphatic rings. The molecule has 0 amide bonds. The van der Waals surface area contributed by atoms with Crippen LogP contribution in [-0.2, 0) is 6.54 Å². The zero-order valence-corrected chi connectivity index (χ0v) is 14.0. The van der Waals surface area contributed by atoms with Crippen molar-refractivity contribution in [1.82, 2.24) is 14.7 Å². The Balaban J connectivity index is 2.76. The lowest BCUT2D eigenvalue weighted by Crippen LogP contribution is -2.21. The van der Waals surface area contributed by atoms with Gasteiger partial charge in [0.2, 0.25) is 0 Å². The summed E-state index contributed by atoms with van der Waals surface area (Å²) >= 11 is 1.78. The highest BCUT2D eigenvalue weighted by Crippen LogP contribution is 2.29. The van der Waals surface area contributed by atoms with Gasteiger partial charge >= 0.3 is 0 Å². The molecule has 1 aromatic rings. The number of methoxy groups -OCH3 is 1. The van der Waals surface area contributed by atoms with Crippen LogP contribution in [0.15, 0.2) is 6.20 Å². The van der Waals surface area contributed by atoms with Gasteiger partial charge in [0.15, 0.2) is 5.75 Å². The number of hydrogen-bond acceptors (Lipinski definition) is 5. The van der Waals surface area contributed by atoms with E-state index in [4.69, 9.17) is 4.74 Å². The molecule has 6 heteroatoms. The Morgan fingerprint density at radius 2 is 2.20 bits per heavy atom. The summed E-state index contributed by atoms with van der Waals surface area (Å²) in [6.45, 7) is 5.96. The minimum Gasteiger partial charge on any atom is -0.493 e. The van der Waals surface area contributed by atoms with E-state index in [0.717, 1.165) is 25.2 Å². The molecule has 1 N–H and O–H groups in total. The summed E-state index contributed by atoms with van der Waals surface area (Å²) in [4.78, 5) is 2.10. The first-order chi connectivity index (χ1) is 9.49. The van der Waals surface area contributed by atoms with Gasteiger partial charge in [-0.1, -0.05) is 13.8 Å². The molecule has 0 saturated carbocycles. The second-order valence-electron chi connectivity index (χ2n) is 5.19. The van der Waals surface area contributed by atoms with Crippen LogP contribution in [0.3, 0.4) is 0 Å². The van der Waals surface area contributed by atoms with Gasteiger partial charge in [-0.25, -0.2) is 0 Å². The molecule has 0 aliphatic heterocycles. The number of rotatable bonds is 9. The van der Waals surface area contributed by atoms with Crippen LogP contribution in [0.5, 0.6) is 5.75 Å². The molecule has 0 aromatic carbocycles. The minimum absolute atomic E-state index is 0.548. The number of likely N-dealkylation sites (N-methyl/N-ethyl adjacent to an activating group) is 1. The molecule has 2 atom stereocenters. The van der Waals surface area contributed by atoms with E-state index in [1.54, 1.807) is 25.1 Å². The lowest BCUT2D eigenvalue weighted by molar-refractivity contribution is 0.185. The zero-order valence-electron chi connectivity index (χ0n) is 13.2. The van der Waals surface area contributed by atoms with Gasteiger partial charge in [0.25, 0.3) is 0 Å². The molecule has 0 aliphatic carbocycles. The van der Waals surface area contributed by atoms with Crippen molar-refractivity contribution in [3.05, 3.63) is 11.9 Å². The first-order valence-corrected chi connectivity index (χ1v) is 8.08. The quantitative estimate of drug-likeness (QED) is 0.756. The Morgan fingerprint density at radius 3 is 2.75 bits per heavy atom. The largest absolute Gasteiger partial charge is 0.493 e. The summed E-state index contributed by atoms with van der Waals surface area (Å²) in [7, 11) is 5.66. The van der Waals surface area contributed by atoms with Gasteiger partial charge in [-0.2, -0.15) is 16.9 Å².